The van der Waals surface area contributed by atoms with E-state index < -0.39 is 0 Å². The minimum Gasteiger partial charge on any atom is -0.333 e. The SMILES string of the molecule is CN1C(c2ccccc2)=NC(c2cccc(-n3c4ccccc4c4cc(-c5cccc(-n6c7ccccc7c7ccccc76)c5)ccc43)c2)=NC1c1ccccc1. The molecule has 0 fully saturated rings. The normalized spacial score (nSPS) is 14.4. The summed E-state index contributed by atoms with van der Waals surface area (Å²) >= 11 is 0. The van der Waals surface area contributed by atoms with Crippen molar-refractivity contribution in [3.63, 3.8) is 0 Å². The Morgan fingerprint density at radius 1 is 0.386 bits per heavy atom. The summed E-state index contributed by atoms with van der Waals surface area (Å²) < 4.78 is 4.76. The van der Waals surface area contributed by atoms with Crippen LogP contribution in [-0.2, 0) is 0 Å². The van der Waals surface area contributed by atoms with Crippen molar-refractivity contribution < 1.29 is 0 Å². The number of nitrogens with zero attached hydrogens (tertiary/aromatic N) is 5. The van der Waals surface area contributed by atoms with Crippen LogP contribution in [0.3, 0.4) is 0 Å². The van der Waals surface area contributed by atoms with Crippen molar-refractivity contribution >= 4 is 55.3 Å². The van der Waals surface area contributed by atoms with Gasteiger partial charge in [0.1, 0.15) is 12.0 Å². The average molecular weight is 732 g/mol. The molecule has 1 atom stereocenters. The molecule has 1 unspecified atom stereocenters. The number of fused-ring (bicyclic) bond motifs is 6. The van der Waals surface area contributed by atoms with Crippen LogP contribution in [0.25, 0.3) is 66.1 Å². The summed E-state index contributed by atoms with van der Waals surface area (Å²) in [6.45, 7) is 0. The van der Waals surface area contributed by atoms with Gasteiger partial charge in [-0.25, -0.2) is 9.98 Å². The lowest BCUT2D eigenvalue weighted by Gasteiger charge is -2.32. The Kier molecular flexibility index (Phi) is 7.71. The maximum atomic E-state index is 5.27. The second-order valence-electron chi connectivity index (χ2n) is 14.7. The maximum Gasteiger partial charge on any atom is 0.159 e. The van der Waals surface area contributed by atoms with Crippen LogP contribution in [-0.4, -0.2) is 32.8 Å². The number of para-hydroxylation sites is 3. The molecular formula is C52H37N5. The van der Waals surface area contributed by atoms with E-state index in [-0.39, 0.29) is 6.17 Å². The molecule has 0 bridgehead atoms. The van der Waals surface area contributed by atoms with Crippen LogP contribution >= 0.6 is 0 Å². The molecule has 270 valence electrons. The highest BCUT2D eigenvalue weighted by molar-refractivity contribution is 6.14. The Morgan fingerprint density at radius 2 is 0.860 bits per heavy atom. The fraction of sp³-hybridized carbons (Fsp3) is 0.0385. The first-order chi connectivity index (χ1) is 28.2. The molecule has 1 aliphatic rings. The molecule has 0 N–H and O–H groups in total. The second-order valence-corrected chi connectivity index (χ2v) is 14.7. The van der Waals surface area contributed by atoms with Crippen molar-refractivity contribution in [1.82, 2.24) is 14.0 Å². The monoisotopic (exact) mass is 731 g/mol. The first kappa shape index (κ1) is 32.9. The highest BCUT2D eigenvalue weighted by Crippen LogP contribution is 2.37. The zero-order valence-electron chi connectivity index (χ0n) is 31.4. The summed E-state index contributed by atoms with van der Waals surface area (Å²) in [6, 6.07) is 71.4. The third-order valence-corrected chi connectivity index (χ3v) is 11.3. The Labute approximate surface area is 330 Å². The van der Waals surface area contributed by atoms with Crippen molar-refractivity contribution in [1.29, 1.82) is 0 Å². The fourth-order valence-electron chi connectivity index (χ4n) is 8.68. The van der Waals surface area contributed by atoms with Gasteiger partial charge in [0.25, 0.3) is 0 Å². The van der Waals surface area contributed by atoms with Crippen molar-refractivity contribution in [2.24, 2.45) is 9.98 Å². The van der Waals surface area contributed by atoms with Gasteiger partial charge in [0.2, 0.25) is 0 Å². The zero-order valence-corrected chi connectivity index (χ0v) is 31.4. The second kappa shape index (κ2) is 13.4. The predicted octanol–water partition coefficient (Wildman–Crippen LogP) is 12.4. The van der Waals surface area contributed by atoms with Crippen molar-refractivity contribution in [2.75, 3.05) is 7.05 Å². The highest BCUT2D eigenvalue weighted by atomic mass is 15.3. The van der Waals surface area contributed by atoms with Crippen LogP contribution in [0.4, 0.5) is 0 Å². The first-order valence-corrected chi connectivity index (χ1v) is 19.4. The van der Waals surface area contributed by atoms with Gasteiger partial charge in [0.15, 0.2) is 5.84 Å². The molecule has 57 heavy (non-hydrogen) atoms. The molecule has 11 rings (SSSR count). The van der Waals surface area contributed by atoms with Gasteiger partial charge in [0, 0.05) is 51.1 Å². The van der Waals surface area contributed by atoms with E-state index in [0.29, 0.717) is 5.84 Å². The predicted molar refractivity (Wildman–Crippen MR) is 237 cm³/mol. The van der Waals surface area contributed by atoms with E-state index in [1.807, 2.05) is 12.1 Å². The van der Waals surface area contributed by atoms with Gasteiger partial charge in [-0.1, -0.05) is 146 Å². The van der Waals surface area contributed by atoms with Crippen LogP contribution in [0.5, 0.6) is 0 Å². The van der Waals surface area contributed by atoms with Crippen LogP contribution < -0.4 is 0 Å². The Bertz CT molecular complexity index is 3150. The maximum absolute atomic E-state index is 5.27. The van der Waals surface area contributed by atoms with Crippen molar-refractivity contribution in [3.8, 4) is 22.5 Å². The minimum atomic E-state index is -0.210. The number of aromatic nitrogens is 2. The molecule has 0 saturated heterocycles. The van der Waals surface area contributed by atoms with Gasteiger partial charge in [-0.2, -0.15) is 0 Å². The third kappa shape index (κ3) is 5.47. The topological polar surface area (TPSA) is 37.8 Å². The molecule has 5 heteroatoms. The quantitative estimate of drug-likeness (QED) is 0.168. The Hall–Kier alpha value is -7.50. The molecule has 3 heterocycles. The number of aliphatic imine (C=N–C) groups is 2. The molecule has 5 nitrogen and oxygen atoms in total. The van der Waals surface area contributed by atoms with E-state index >= 15 is 0 Å². The summed E-state index contributed by atoms with van der Waals surface area (Å²) in [5.41, 5.74) is 12.4. The van der Waals surface area contributed by atoms with Crippen LogP contribution in [0.1, 0.15) is 22.9 Å². The summed E-state index contributed by atoms with van der Waals surface area (Å²) in [5.74, 6) is 1.61. The van der Waals surface area contributed by atoms with Crippen LogP contribution in [0.2, 0.25) is 0 Å². The van der Waals surface area contributed by atoms with E-state index in [0.717, 1.165) is 44.9 Å². The van der Waals surface area contributed by atoms with Crippen molar-refractivity contribution in [3.05, 3.63) is 217 Å². The number of benzene rings is 8. The molecule has 10 aromatic rings. The highest BCUT2D eigenvalue weighted by Gasteiger charge is 2.27. The first-order valence-electron chi connectivity index (χ1n) is 19.4. The lowest BCUT2D eigenvalue weighted by Crippen LogP contribution is -2.35. The zero-order chi connectivity index (χ0) is 37.9. The van der Waals surface area contributed by atoms with E-state index in [1.165, 1.54) is 43.7 Å². The van der Waals surface area contributed by atoms with Crippen LogP contribution in [0.15, 0.2) is 210 Å². The molecule has 1 aliphatic heterocycles. The molecule has 0 saturated carbocycles. The van der Waals surface area contributed by atoms with Crippen LogP contribution in [0, 0.1) is 0 Å². The number of hydrogen-bond acceptors (Lipinski definition) is 3. The fourth-order valence-corrected chi connectivity index (χ4v) is 8.68. The molecule has 8 aromatic carbocycles. The summed E-state index contributed by atoms with van der Waals surface area (Å²) in [5, 5.41) is 4.95. The smallest absolute Gasteiger partial charge is 0.159 e. The van der Waals surface area contributed by atoms with Gasteiger partial charge in [-0.05, 0) is 71.3 Å². The molecule has 2 aromatic heterocycles. The molecule has 0 radical (unpaired) electrons. The van der Waals surface area contributed by atoms with E-state index in [1.54, 1.807) is 0 Å². The van der Waals surface area contributed by atoms with Gasteiger partial charge < -0.3 is 14.0 Å². The summed E-state index contributed by atoms with van der Waals surface area (Å²) in [4.78, 5) is 12.7. The Balaban J connectivity index is 1.03. The molecule has 0 amide bonds. The van der Waals surface area contributed by atoms with E-state index in [2.05, 4.69) is 209 Å². The lowest BCUT2D eigenvalue weighted by molar-refractivity contribution is 0.383. The largest absolute Gasteiger partial charge is 0.333 e. The van der Waals surface area contributed by atoms with Gasteiger partial charge in [-0.15, -0.1) is 0 Å². The summed E-state index contributed by atoms with van der Waals surface area (Å²) in [6.07, 6.45) is -0.210. The lowest BCUT2D eigenvalue weighted by atomic mass is 10.0. The standard InChI is InChI=1S/C52H37N5/c1-55-51(35-16-4-2-5-17-35)53-50(54-52(55)36-18-6-3-7-19-36)39-21-15-23-41(33-39)57-48-29-13-10-26-44(48)45-34-38(30-31-49(45)57)37-20-14-22-40(32-37)56-46-27-11-8-24-42(46)43-25-9-12-28-47(43)56/h2-34,51H,1H3. The Morgan fingerprint density at radius 3 is 1.49 bits per heavy atom. The third-order valence-electron chi connectivity index (χ3n) is 11.3. The van der Waals surface area contributed by atoms with Crippen molar-refractivity contribution in [2.45, 2.75) is 6.17 Å². The van der Waals surface area contributed by atoms with Gasteiger partial charge >= 0.3 is 0 Å². The molecular weight excluding hydrogens is 695 g/mol. The van der Waals surface area contributed by atoms with E-state index in [4.69, 9.17) is 9.98 Å². The summed E-state index contributed by atoms with van der Waals surface area (Å²) in [7, 11) is 2.08. The average Bonchev–Trinajstić information content (AvgIpc) is 3.80. The molecule has 0 aliphatic carbocycles. The number of rotatable bonds is 6. The minimum absolute atomic E-state index is 0.210. The number of hydrogen-bond donors (Lipinski definition) is 0. The molecule has 0 spiro atoms. The van der Waals surface area contributed by atoms with Gasteiger partial charge in [-0.3, -0.25) is 0 Å². The van der Waals surface area contributed by atoms with E-state index in [9.17, 15) is 0 Å². The number of amidine groups is 2. The van der Waals surface area contributed by atoms with Gasteiger partial charge in [0.05, 0.1) is 22.1 Å².